The van der Waals surface area contributed by atoms with Crippen molar-refractivity contribution < 1.29 is 0 Å². The van der Waals surface area contributed by atoms with E-state index in [2.05, 4.69) is 40.6 Å². The molecule has 0 saturated carbocycles. The summed E-state index contributed by atoms with van der Waals surface area (Å²) in [5.74, 6) is 0. The summed E-state index contributed by atoms with van der Waals surface area (Å²) in [5.41, 5.74) is 3.69. The summed E-state index contributed by atoms with van der Waals surface area (Å²) >= 11 is 6.13. The Balaban J connectivity index is 1.53. The van der Waals surface area contributed by atoms with Crippen LogP contribution in [0.2, 0.25) is 5.02 Å². The van der Waals surface area contributed by atoms with Crippen molar-refractivity contribution in [1.29, 1.82) is 0 Å². The molecule has 3 heteroatoms. The zero-order valence-electron chi connectivity index (χ0n) is 11.2. The number of aromatic nitrogens is 1. The van der Waals surface area contributed by atoms with Crippen molar-refractivity contribution >= 4 is 22.5 Å². The fraction of sp³-hybridized carbons (Fsp3) is 0.176. The maximum absolute atomic E-state index is 6.13. The van der Waals surface area contributed by atoms with Crippen molar-refractivity contribution in [3.8, 4) is 0 Å². The third kappa shape index (κ3) is 3.03. The monoisotopic (exact) mass is 284 g/mol. The second-order valence-corrected chi connectivity index (χ2v) is 5.32. The van der Waals surface area contributed by atoms with Crippen molar-refractivity contribution in [2.75, 3.05) is 6.54 Å². The Hall–Kier alpha value is -1.77. The minimum absolute atomic E-state index is 0.812. The average Bonchev–Trinajstić information content (AvgIpc) is 2.93. The van der Waals surface area contributed by atoms with Gasteiger partial charge in [0.05, 0.1) is 0 Å². The second kappa shape index (κ2) is 6.12. The first-order valence-electron chi connectivity index (χ1n) is 6.83. The van der Waals surface area contributed by atoms with Crippen LogP contribution in [-0.4, -0.2) is 11.5 Å². The summed E-state index contributed by atoms with van der Waals surface area (Å²) in [6.07, 6.45) is 3.00. The standard InChI is InChI=1S/C17H17ClN2/c18-16-4-2-1-3-15(16)12-19-9-7-13-5-6-17-14(11-13)8-10-20-17/h1-6,8,10-11,19-20H,7,9,12H2. The third-order valence-electron chi connectivity index (χ3n) is 3.48. The lowest BCUT2D eigenvalue weighted by Gasteiger charge is -2.07. The van der Waals surface area contributed by atoms with E-state index in [1.165, 1.54) is 16.5 Å². The highest BCUT2D eigenvalue weighted by atomic mass is 35.5. The molecule has 0 aliphatic rings. The van der Waals surface area contributed by atoms with E-state index in [-0.39, 0.29) is 0 Å². The molecule has 0 spiro atoms. The van der Waals surface area contributed by atoms with E-state index in [4.69, 9.17) is 11.6 Å². The molecule has 0 atom stereocenters. The molecule has 0 aliphatic carbocycles. The van der Waals surface area contributed by atoms with Crippen LogP contribution >= 0.6 is 11.6 Å². The molecule has 20 heavy (non-hydrogen) atoms. The lowest BCUT2D eigenvalue weighted by molar-refractivity contribution is 0.687. The van der Waals surface area contributed by atoms with Crippen molar-refractivity contribution in [3.63, 3.8) is 0 Å². The summed E-state index contributed by atoms with van der Waals surface area (Å²) in [7, 11) is 0. The van der Waals surface area contributed by atoms with Crippen LogP contribution in [0, 0.1) is 0 Å². The maximum atomic E-state index is 6.13. The maximum Gasteiger partial charge on any atom is 0.0454 e. The van der Waals surface area contributed by atoms with Gasteiger partial charge in [0.2, 0.25) is 0 Å². The molecule has 1 heterocycles. The zero-order valence-corrected chi connectivity index (χ0v) is 12.0. The SMILES string of the molecule is Clc1ccccc1CNCCc1ccc2[nH]ccc2c1. The molecule has 0 bridgehead atoms. The molecule has 0 unspecified atom stereocenters. The summed E-state index contributed by atoms with van der Waals surface area (Å²) in [4.78, 5) is 3.21. The number of fused-ring (bicyclic) bond motifs is 1. The second-order valence-electron chi connectivity index (χ2n) is 4.92. The third-order valence-corrected chi connectivity index (χ3v) is 3.85. The highest BCUT2D eigenvalue weighted by molar-refractivity contribution is 6.31. The predicted octanol–water partition coefficient (Wildman–Crippen LogP) is 4.15. The van der Waals surface area contributed by atoms with Gasteiger partial charge in [0.1, 0.15) is 0 Å². The molecule has 2 nitrogen and oxygen atoms in total. The molecular weight excluding hydrogens is 268 g/mol. The van der Waals surface area contributed by atoms with Gasteiger partial charge in [-0.1, -0.05) is 35.9 Å². The minimum Gasteiger partial charge on any atom is -0.361 e. The van der Waals surface area contributed by atoms with Gasteiger partial charge in [0, 0.05) is 23.3 Å². The van der Waals surface area contributed by atoms with Gasteiger partial charge < -0.3 is 10.3 Å². The van der Waals surface area contributed by atoms with Gasteiger partial charge in [-0.25, -0.2) is 0 Å². The Morgan fingerprint density at radius 2 is 1.95 bits per heavy atom. The fourth-order valence-corrected chi connectivity index (χ4v) is 2.56. The first-order valence-corrected chi connectivity index (χ1v) is 7.21. The normalized spacial score (nSPS) is 11.1. The van der Waals surface area contributed by atoms with Crippen LogP contribution in [0.3, 0.4) is 0 Å². The van der Waals surface area contributed by atoms with Crippen LogP contribution in [0.1, 0.15) is 11.1 Å². The van der Waals surface area contributed by atoms with Gasteiger partial charge in [-0.3, -0.25) is 0 Å². The molecule has 3 rings (SSSR count). The van der Waals surface area contributed by atoms with Crippen LogP contribution in [-0.2, 0) is 13.0 Å². The van der Waals surface area contributed by atoms with E-state index in [1.807, 2.05) is 24.4 Å². The number of hydrogen-bond donors (Lipinski definition) is 2. The summed E-state index contributed by atoms with van der Waals surface area (Å²) in [6, 6.07) is 16.6. The zero-order chi connectivity index (χ0) is 13.8. The predicted molar refractivity (Wildman–Crippen MR) is 85.2 cm³/mol. The quantitative estimate of drug-likeness (QED) is 0.677. The van der Waals surface area contributed by atoms with Crippen LogP contribution in [0.5, 0.6) is 0 Å². The minimum atomic E-state index is 0.812. The van der Waals surface area contributed by atoms with E-state index < -0.39 is 0 Å². The molecule has 0 aliphatic heterocycles. The molecule has 102 valence electrons. The molecular formula is C17H17ClN2. The summed E-state index contributed by atoms with van der Waals surface area (Å²) in [6.45, 7) is 1.76. The summed E-state index contributed by atoms with van der Waals surface area (Å²) in [5, 5.41) is 5.54. The smallest absolute Gasteiger partial charge is 0.0454 e. The molecule has 0 fully saturated rings. The molecule has 2 aromatic carbocycles. The van der Waals surface area contributed by atoms with Gasteiger partial charge in [0.15, 0.2) is 0 Å². The largest absolute Gasteiger partial charge is 0.361 e. The lowest BCUT2D eigenvalue weighted by atomic mass is 10.1. The number of H-pyrrole nitrogens is 1. The molecule has 2 N–H and O–H groups in total. The molecule has 1 aromatic heterocycles. The van der Waals surface area contributed by atoms with Crippen LogP contribution < -0.4 is 5.32 Å². The van der Waals surface area contributed by atoms with Crippen LogP contribution in [0.4, 0.5) is 0 Å². The first-order chi connectivity index (χ1) is 9.83. The highest BCUT2D eigenvalue weighted by Gasteiger charge is 2.00. The Morgan fingerprint density at radius 1 is 1.05 bits per heavy atom. The highest BCUT2D eigenvalue weighted by Crippen LogP contribution is 2.15. The van der Waals surface area contributed by atoms with E-state index >= 15 is 0 Å². The van der Waals surface area contributed by atoms with Gasteiger partial charge >= 0.3 is 0 Å². The van der Waals surface area contributed by atoms with E-state index in [9.17, 15) is 0 Å². The van der Waals surface area contributed by atoms with Crippen molar-refractivity contribution in [3.05, 3.63) is 70.9 Å². The fourth-order valence-electron chi connectivity index (χ4n) is 2.36. The van der Waals surface area contributed by atoms with E-state index in [0.29, 0.717) is 0 Å². The Bertz CT molecular complexity index is 703. The number of benzene rings is 2. The Morgan fingerprint density at radius 3 is 2.85 bits per heavy atom. The van der Waals surface area contributed by atoms with E-state index in [1.54, 1.807) is 0 Å². The van der Waals surface area contributed by atoms with Gasteiger partial charge in [-0.05, 0) is 53.7 Å². The number of rotatable bonds is 5. The van der Waals surface area contributed by atoms with Gasteiger partial charge in [0.25, 0.3) is 0 Å². The van der Waals surface area contributed by atoms with Crippen molar-refractivity contribution in [1.82, 2.24) is 10.3 Å². The topological polar surface area (TPSA) is 27.8 Å². The summed E-state index contributed by atoms with van der Waals surface area (Å²) < 4.78 is 0. The van der Waals surface area contributed by atoms with Crippen molar-refractivity contribution in [2.24, 2.45) is 0 Å². The molecule has 0 saturated heterocycles. The number of halogens is 1. The molecule has 0 radical (unpaired) electrons. The Labute approximate surface area is 123 Å². The first kappa shape index (κ1) is 13.2. The Kier molecular flexibility index (Phi) is 4.05. The van der Waals surface area contributed by atoms with Crippen LogP contribution in [0.25, 0.3) is 10.9 Å². The van der Waals surface area contributed by atoms with Gasteiger partial charge in [-0.15, -0.1) is 0 Å². The van der Waals surface area contributed by atoms with Crippen molar-refractivity contribution in [2.45, 2.75) is 13.0 Å². The number of nitrogens with one attached hydrogen (secondary N) is 2. The van der Waals surface area contributed by atoms with E-state index in [0.717, 1.165) is 30.1 Å². The lowest BCUT2D eigenvalue weighted by Crippen LogP contribution is -2.16. The number of hydrogen-bond acceptors (Lipinski definition) is 1. The molecule has 3 aromatic rings. The molecule has 0 amide bonds. The average molecular weight is 285 g/mol. The van der Waals surface area contributed by atoms with Gasteiger partial charge in [-0.2, -0.15) is 0 Å². The van der Waals surface area contributed by atoms with Crippen LogP contribution in [0.15, 0.2) is 54.7 Å². The number of aromatic amines is 1.